The van der Waals surface area contributed by atoms with E-state index in [4.69, 9.17) is 16.3 Å². The average molecular weight is 560 g/mol. The molecule has 0 saturated carbocycles. The Morgan fingerprint density at radius 1 is 0.971 bits per heavy atom. The summed E-state index contributed by atoms with van der Waals surface area (Å²) in [5.41, 5.74) is 1.56. The molecule has 7 nitrogen and oxygen atoms in total. The molecule has 0 aromatic heterocycles. The monoisotopic (exact) mass is 558 g/mol. The maximum absolute atomic E-state index is 13.1. The molecule has 0 aliphatic carbocycles. The van der Waals surface area contributed by atoms with E-state index in [2.05, 4.69) is 26.6 Å². The fraction of sp³-hybridized carbons (Fsp3) is 0.192. The number of ether oxygens (including phenoxy) is 1. The van der Waals surface area contributed by atoms with Crippen molar-refractivity contribution in [3.05, 3.63) is 105 Å². The first kappa shape index (κ1) is 26.4. The van der Waals surface area contributed by atoms with Crippen LogP contribution in [0, 0.1) is 0 Å². The summed E-state index contributed by atoms with van der Waals surface area (Å²) in [7, 11) is 1.21. The van der Waals surface area contributed by atoms with Crippen LogP contribution < -0.4 is 10.6 Å². The maximum atomic E-state index is 13.1. The summed E-state index contributed by atoms with van der Waals surface area (Å²) < 4.78 is 5.55. The van der Waals surface area contributed by atoms with Crippen molar-refractivity contribution in [2.75, 3.05) is 7.11 Å². The molecule has 3 rings (SSSR count). The molecule has 2 amide bonds. The van der Waals surface area contributed by atoms with E-state index in [0.717, 1.165) is 0 Å². The highest BCUT2D eigenvalue weighted by Gasteiger charge is 2.32. The third-order valence-electron chi connectivity index (χ3n) is 5.30. The lowest BCUT2D eigenvalue weighted by Crippen LogP contribution is -2.51. The number of halogens is 2. The van der Waals surface area contributed by atoms with Crippen molar-refractivity contribution in [3.63, 3.8) is 0 Å². The summed E-state index contributed by atoms with van der Waals surface area (Å²) in [5.74, 6) is -2.00. The molecule has 0 bridgehead atoms. The molecule has 0 heterocycles. The SMILES string of the molecule is COC(=O)[C@H](Cc1cc(Cl)ccc1Br)NC(=O)[C@H](O)[C@@H](NC(=O)c1ccccc1)c1ccccc1. The molecule has 0 radical (unpaired) electrons. The first-order valence-electron chi connectivity index (χ1n) is 10.7. The Morgan fingerprint density at radius 2 is 1.60 bits per heavy atom. The van der Waals surface area contributed by atoms with Gasteiger partial charge in [0.2, 0.25) is 0 Å². The van der Waals surface area contributed by atoms with Gasteiger partial charge in [-0.25, -0.2) is 4.79 Å². The topological polar surface area (TPSA) is 105 Å². The van der Waals surface area contributed by atoms with Gasteiger partial charge in [0.1, 0.15) is 6.04 Å². The van der Waals surface area contributed by atoms with Crippen molar-refractivity contribution in [2.24, 2.45) is 0 Å². The molecule has 0 spiro atoms. The van der Waals surface area contributed by atoms with Gasteiger partial charge in [0.25, 0.3) is 11.8 Å². The summed E-state index contributed by atoms with van der Waals surface area (Å²) in [6.07, 6.45) is -1.63. The molecule has 35 heavy (non-hydrogen) atoms. The first-order chi connectivity index (χ1) is 16.8. The predicted octanol–water partition coefficient (Wildman–Crippen LogP) is 3.84. The van der Waals surface area contributed by atoms with Crippen molar-refractivity contribution in [2.45, 2.75) is 24.6 Å². The van der Waals surface area contributed by atoms with E-state index >= 15 is 0 Å². The standard InChI is InChI=1S/C26H24BrClN2O5/c1-35-26(34)21(15-18-14-19(28)12-13-20(18)27)29-25(33)23(31)22(16-8-4-2-5-9-16)30-24(32)17-10-6-3-7-11-17/h2-14,21-23,31H,15H2,1H3,(H,29,33)(H,30,32)/t21-,22-,23+/m0/s1. The Balaban J connectivity index is 1.83. The van der Waals surface area contributed by atoms with Crippen molar-refractivity contribution in [3.8, 4) is 0 Å². The molecule has 3 aromatic carbocycles. The number of amides is 2. The molecule has 3 aromatic rings. The molecule has 0 aliphatic heterocycles. The third-order valence-corrected chi connectivity index (χ3v) is 6.31. The van der Waals surface area contributed by atoms with E-state index in [0.29, 0.717) is 26.2 Å². The van der Waals surface area contributed by atoms with E-state index in [-0.39, 0.29) is 6.42 Å². The lowest BCUT2D eigenvalue weighted by molar-refractivity contribution is -0.146. The van der Waals surface area contributed by atoms with Gasteiger partial charge in [-0.2, -0.15) is 0 Å². The Morgan fingerprint density at radius 3 is 2.23 bits per heavy atom. The number of esters is 1. The fourth-order valence-electron chi connectivity index (χ4n) is 3.48. The van der Waals surface area contributed by atoms with E-state index in [9.17, 15) is 19.5 Å². The molecule has 0 unspecified atom stereocenters. The molecule has 0 saturated heterocycles. The minimum atomic E-state index is -1.69. The molecular formula is C26H24BrClN2O5. The van der Waals surface area contributed by atoms with Crippen LogP contribution in [-0.2, 0) is 20.7 Å². The van der Waals surface area contributed by atoms with Gasteiger partial charge in [-0.3, -0.25) is 9.59 Å². The fourth-order valence-corrected chi connectivity index (χ4v) is 4.09. The molecule has 0 fully saturated rings. The Hall–Kier alpha value is -3.20. The van der Waals surface area contributed by atoms with Crippen molar-refractivity contribution < 1.29 is 24.2 Å². The quantitative estimate of drug-likeness (QED) is 0.346. The van der Waals surface area contributed by atoms with Gasteiger partial charge >= 0.3 is 5.97 Å². The second kappa shape index (κ2) is 12.5. The largest absolute Gasteiger partial charge is 0.467 e. The van der Waals surface area contributed by atoms with Gasteiger partial charge in [-0.1, -0.05) is 76.1 Å². The number of carbonyl (C=O) groups excluding carboxylic acids is 3. The lowest BCUT2D eigenvalue weighted by atomic mass is 9.99. The highest BCUT2D eigenvalue weighted by molar-refractivity contribution is 9.10. The normalized spacial score (nSPS) is 13.3. The predicted molar refractivity (Wildman–Crippen MR) is 136 cm³/mol. The number of carbonyl (C=O) groups is 3. The van der Waals surface area contributed by atoms with Crippen molar-refractivity contribution >= 4 is 45.3 Å². The zero-order valence-corrected chi connectivity index (χ0v) is 21.1. The van der Waals surface area contributed by atoms with Gasteiger partial charge in [-0.15, -0.1) is 0 Å². The summed E-state index contributed by atoms with van der Waals surface area (Å²) in [4.78, 5) is 38.3. The van der Waals surface area contributed by atoms with Crippen LogP contribution in [0.4, 0.5) is 0 Å². The highest BCUT2D eigenvalue weighted by atomic mass is 79.9. The number of methoxy groups -OCH3 is 1. The number of aliphatic hydroxyl groups is 1. The Bertz CT molecular complexity index is 1180. The highest BCUT2D eigenvalue weighted by Crippen LogP contribution is 2.23. The van der Waals surface area contributed by atoms with E-state index in [1.165, 1.54) is 7.11 Å². The minimum absolute atomic E-state index is 0.0681. The summed E-state index contributed by atoms with van der Waals surface area (Å²) in [6, 6.07) is 20.0. The lowest BCUT2D eigenvalue weighted by Gasteiger charge is -2.26. The van der Waals surface area contributed by atoms with Crippen molar-refractivity contribution in [1.82, 2.24) is 10.6 Å². The molecule has 0 aliphatic rings. The van der Waals surface area contributed by atoms with Crippen LogP contribution in [0.25, 0.3) is 0 Å². The number of rotatable bonds is 9. The summed E-state index contributed by atoms with van der Waals surface area (Å²) >= 11 is 9.48. The summed E-state index contributed by atoms with van der Waals surface area (Å²) in [5, 5.41) is 16.7. The zero-order valence-electron chi connectivity index (χ0n) is 18.8. The second-order valence-electron chi connectivity index (χ2n) is 7.70. The van der Waals surface area contributed by atoms with Crippen LogP contribution in [-0.4, -0.2) is 42.1 Å². The number of benzene rings is 3. The van der Waals surface area contributed by atoms with Crippen LogP contribution >= 0.6 is 27.5 Å². The Labute approximate surface area is 216 Å². The van der Waals surface area contributed by atoms with E-state index < -0.39 is 36.0 Å². The smallest absolute Gasteiger partial charge is 0.328 e. The van der Waals surface area contributed by atoms with Crippen LogP contribution in [0.15, 0.2) is 83.3 Å². The van der Waals surface area contributed by atoms with Crippen LogP contribution in [0.5, 0.6) is 0 Å². The van der Waals surface area contributed by atoms with E-state index in [1.54, 1.807) is 78.9 Å². The zero-order chi connectivity index (χ0) is 25.4. The van der Waals surface area contributed by atoms with Gasteiger partial charge in [0, 0.05) is 21.5 Å². The summed E-state index contributed by atoms with van der Waals surface area (Å²) in [6.45, 7) is 0. The van der Waals surface area contributed by atoms with Crippen LogP contribution in [0.2, 0.25) is 5.02 Å². The Kier molecular flexibility index (Phi) is 9.42. The second-order valence-corrected chi connectivity index (χ2v) is 8.99. The molecule has 3 atom stereocenters. The molecule has 182 valence electrons. The van der Waals surface area contributed by atoms with Gasteiger partial charge in [0.05, 0.1) is 13.2 Å². The molecule has 3 N–H and O–H groups in total. The maximum Gasteiger partial charge on any atom is 0.328 e. The number of hydrogen-bond acceptors (Lipinski definition) is 5. The molecular weight excluding hydrogens is 536 g/mol. The van der Waals surface area contributed by atoms with Crippen LogP contribution in [0.3, 0.4) is 0 Å². The minimum Gasteiger partial charge on any atom is -0.467 e. The van der Waals surface area contributed by atoms with Crippen molar-refractivity contribution in [1.29, 1.82) is 0 Å². The van der Waals surface area contributed by atoms with Crippen LogP contribution in [0.1, 0.15) is 27.5 Å². The molecule has 9 heteroatoms. The van der Waals surface area contributed by atoms with Gasteiger partial charge < -0.3 is 20.5 Å². The first-order valence-corrected chi connectivity index (χ1v) is 11.9. The number of aliphatic hydroxyl groups excluding tert-OH is 1. The van der Waals surface area contributed by atoms with Gasteiger partial charge in [-0.05, 0) is 41.5 Å². The average Bonchev–Trinajstić information content (AvgIpc) is 2.88. The number of hydrogen-bond donors (Lipinski definition) is 3. The van der Waals surface area contributed by atoms with E-state index in [1.807, 2.05) is 0 Å². The van der Waals surface area contributed by atoms with Gasteiger partial charge in [0.15, 0.2) is 6.10 Å². The third kappa shape index (κ3) is 7.14. The number of nitrogens with one attached hydrogen (secondary N) is 2.